The Morgan fingerprint density at radius 1 is 0.968 bits per heavy atom. The van der Waals surface area contributed by atoms with Gasteiger partial charge in [-0.05, 0) is 17.7 Å². The number of benzene rings is 1. The van der Waals surface area contributed by atoms with E-state index in [1.54, 1.807) is 0 Å². The van der Waals surface area contributed by atoms with Crippen molar-refractivity contribution in [3.8, 4) is 0 Å². The highest BCUT2D eigenvalue weighted by Gasteiger charge is 2.18. The molecule has 0 bridgehead atoms. The molecular weight excluding hydrogens is 390 g/mol. The Labute approximate surface area is 181 Å². The SMILES string of the molecule is Nc1nc(Cc2ccccc2)c2nc(C3=CN(CCN4CCOCC4)NC3)ccc2n1. The summed E-state index contributed by atoms with van der Waals surface area (Å²) in [6.07, 6.45) is 2.83. The number of ether oxygens (including phenoxy) is 1. The fourth-order valence-corrected chi connectivity index (χ4v) is 4.03. The van der Waals surface area contributed by atoms with Crippen molar-refractivity contribution >= 4 is 22.6 Å². The van der Waals surface area contributed by atoms with Gasteiger partial charge in [0.1, 0.15) is 5.52 Å². The minimum atomic E-state index is 0.281. The van der Waals surface area contributed by atoms with E-state index in [9.17, 15) is 0 Å². The van der Waals surface area contributed by atoms with Crippen molar-refractivity contribution in [3.63, 3.8) is 0 Å². The topological polar surface area (TPSA) is 92.4 Å². The number of rotatable bonds is 6. The number of nitrogens with two attached hydrogens (primary N) is 1. The molecule has 1 saturated heterocycles. The maximum absolute atomic E-state index is 5.96. The standard InChI is InChI=1S/C23H27N7O/c24-23-27-20-7-6-19(26-22(20)21(28-23)14-17-4-2-1-3-5-17)18-15-25-30(16-18)9-8-29-10-12-31-13-11-29/h1-7,16,25H,8-15H2,(H2,24,27,28). The molecule has 0 saturated carbocycles. The van der Waals surface area contributed by atoms with Crippen LogP contribution in [-0.2, 0) is 11.2 Å². The summed E-state index contributed by atoms with van der Waals surface area (Å²) in [5.74, 6) is 0.281. The van der Waals surface area contributed by atoms with Crippen LogP contribution in [0, 0.1) is 0 Å². The molecule has 0 atom stereocenters. The summed E-state index contributed by atoms with van der Waals surface area (Å²) in [5, 5.41) is 2.15. The van der Waals surface area contributed by atoms with E-state index < -0.39 is 0 Å². The van der Waals surface area contributed by atoms with Crippen LogP contribution >= 0.6 is 0 Å². The number of hydrogen-bond acceptors (Lipinski definition) is 8. The predicted molar refractivity (Wildman–Crippen MR) is 121 cm³/mol. The van der Waals surface area contributed by atoms with E-state index in [-0.39, 0.29) is 5.95 Å². The van der Waals surface area contributed by atoms with Crippen molar-refractivity contribution in [2.75, 3.05) is 51.7 Å². The summed E-state index contributed by atoms with van der Waals surface area (Å²) < 4.78 is 5.43. The van der Waals surface area contributed by atoms with Crippen molar-refractivity contribution < 1.29 is 4.74 Å². The number of aromatic nitrogens is 3. The zero-order valence-electron chi connectivity index (χ0n) is 17.5. The molecule has 0 radical (unpaired) electrons. The average molecular weight is 418 g/mol. The van der Waals surface area contributed by atoms with Gasteiger partial charge >= 0.3 is 0 Å². The van der Waals surface area contributed by atoms with E-state index in [1.165, 1.54) is 5.56 Å². The van der Waals surface area contributed by atoms with Gasteiger partial charge in [0.15, 0.2) is 0 Å². The predicted octanol–water partition coefficient (Wildman–Crippen LogP) is 1.69. The van der Waals surface area contributed by atoms with E-state index in [0.717, 1.165) is 73.9 Å². The Bertz CT molecular complexity index is 1080. The molecule has 0 unspecified atom stereocenters. The van der Waals surface area contributed by atoms with Crippen LogP contribution in [0.25, 0.3) is 16.6 Å². The lowest BCUT2D eigenvalue weighted by Gasteiger charge is -2.28. The number of nitrogens with zero attached hydrogens (tertiary/aromatic N) is 5. The lowest BCUT2D eigenvalue weighted by molar-refractivity contribution is 0.0340. The first kappa shape index (κ1) is 19.9. The summed E-state index contributed by atoms with van der Waals surface area (Å²) >= 11 is 0. The number of hydrazine groups is 1. The Hall–Kier alpha value is -3.07. The molecule has 2 aliphatic heterocycles. The summed E-state index contributed by atoms with van der Waals surface area (Å²) in [5.41, 5.74) is 15.1. The van der Waals surface area contributed by atoms with Crippen molar-refractivity contribution in [1.82, 2.24) is 30.3 Å². The second-order valence-electron chi connectivity index (χ2n) is 7.89. The molecule has 160 valence electrons. The highest BCUT2D eigenvalue weighted by atomic mass is 16.5. The smallest absolute Gasteiger partial charge is 0.220 e. The van der Waals surface area contributed by atoms with Gasteiger partial charge in [0.05, 0.1) is 30.1 Å². The van der Waals surface area contributed by atoms with E-state index in [2.05, 4.69) is 43.6 Å². The van der Waals surface area contributed by atoms with Crippen molar-refractivity contribution in [2.24, 2.45) is 0 Å². The van der Waals surface area contributed by atoms with Crippen molar-refractivity contribution in [1.29, 1.82) is 0 Å². The fourth-order valence-electron chi connectivity index (χ4n) is 4.03. The maximum Gasteiger partial charge on any atom is 0.220 e. The number of anilines is 1. The van der Waals surface area contributed by atoms with Crippen LogP contribution in [0.5, 0.6) is 0 Å². The molecule has 8 nitrogen and oxygen atoms in total. The van der Waals surface area contributed by atoms with Crippen LogP contribution in [0.3, 0.4) is 0 Å². The Balaban J connectivity index is 1.36. The molecule has 3 N–H and O–H groups in total. The van der Waals surface area contributed by atoms with Gasteiger partial charge in [0.2, 0.25) is 5.95 Å². The van der Waals surface area contributed by atoms with Gasteiger partial charge in [0.25, 0.3) is 0 Å². The number of nitrogens with one attached hydrogen (secondary N) is 1. The molecular formula is C23H27N7O. The zero-order valence-corrected chi connectivity index (χ0v) is 17.5. The number of morpholine rings is 1. The van der Waals surface area contributed by atoms with E-state index in [4.69, 9.17) is 15.5 Å². The van der Waals surface area contributed by atoms with Crippen LogP contribution in [0.2, 0.25) is 0 Å². The highest BCUT2D eigenvalue weighted by Crippen LogP contribution is 2.23. The van der Waals surface area contributed by atoms with Crippen LogP contribution in [0.1, 0.15) is 17.0 Å². The molecule has 0 spiro atoms. The van der Waals surface area contributed by atoms with Crippen LogP contribution < -0.4 is 11.2 Å². The Kier molecular flexibility index (Phi) is 5.75. The molecule has 3 aromatic rings. The van der Waals surface area contributed by atoms with Gasteiger partial charge in [-0.25, -0.2) is 20.4 Å². The minimum Gasteiger partial charge on any atom is -0.379 e. The maximum atomic E-state index is 5.96. The fraction of sp³-hybridized carbons (Fsp3) is 0.348. The molecule has 31 heavy (non-hydrogen) atoms. The first-order valence-electron chi connectivity index (χ1n) is 10.7. The molecule has 4 heterocycles. The first-order chi connectivity index (χ1) is 15.2. The van der Waals surface area contributed by atoms with Gasteiger partial charge in [0, 0.05) is 50.9 Å². The molecule has 5 rings (SSSR count). The first-order valence-corrected chi connectivity index (χ1v) is 10.7. The van der Waals surface area contributed by atoms with E-state index in [0.29, 0.717) is 6.42 Å². The second-order valence-corrected chi connectivity index (χ2v) is 7.89. The minimum absolute atomic E-state index is 0.281. The van der Waals surface area contributed by atoms with Gasteiger partial charge in [-0.15, -0.1) is 0 Å². The Morgan fingerprint density at radius 3 is 2.65 bits per heavy atom. The zero-order chi connectivity index (χ0) is 21.0. The highest BCUT2D eigenvalue weighted by molar-refractivity contribution is 5.81. The summed E-state index contributed by atoms with van der Waals surface area (Å²) in [4.78, 5) is 16.3. The number of hydrogen-bond donors (Lipinski definition) is 2. The summed E-state index contributed by atoms with van der Waals surface area (Å²) in [6, 6.07) is 14.2. The third-order valence-corrected chi connectivity index (χ3v) is 5.72. The molecule has 0 amide bonds. The quantitative estimate of drug-likeness (QED) is 0.626. The van der Waals surface area contributed by atoms with Crippen LogP contribution in [-0.4, -0.2) is 70.8 Å². The lowest BCUT2D eigenvalue weighted by Crippen LogP contribution is -2.42. The summed E-state index contributed by atoms with van der Waals surface area (Å²) in [6.45, 7) is 6.36. The van der Waals surface area contributed by atoms with Gasteiger partial charge in [-0.3, -0.25) is 4.90 Å². The largest absolute Gasteiger partial charge is 0.379 e. The molecule has 1 aromatic carbocycles. The van der Waals surface area contributed by atoms with Crippen molar-refractivity contribution in [2.45, 2.75) is 6.42 Å². The average Bonchev–Trinajstić information content (AvgIpc) is 3.28. The molecule has 0 aliphatic carbocycles. The molecule has 2 aromatic heterocycles. The second kappa shape index (κ2) is 8.97. The number of pyridine rings is 1. The van der Waals surface area contributed by atoms with E-state index in [1.807, 2.05) is 30.3 Å². The molecule has 8 heteroatoms. The Morgan fingerprint density at radius 2 is 1.81 bits per heavy atom. The monoisotopic (exact) mass is 417 g/mol. The van der Waals surface area contributed by atoms with E-state index >= 15 is 0 Å². The normalized spacial score (nSPS) is 17.3. The molecule has 2 aliphatic rings. The lowest BCUT2D eigenvalue weighted by atomic mass is 10.1. The van der Waals surface area contributed by atoms with Crippen molar-refractivity contribution in [3.05, 3.63) is 65.6 Å². The van der Waals surface area contributed by atoms with Gasteiger partial charge in [-0.1, -0.05) is 30.3 Å². The van der Waals surface area contributed by atoms with Crippen LogP contribution in [0.15, 0.2) is 48.7 Å². The molecule has 1 fully saturated rings. The third kappa shape index (κ3) is 4.66. The third-order valence-electron chi connectivity index (χ3n) is 5.72. The number of fused-ring (bicyclic) bond motifs is 1. The number of nitrogen functional groups attached to an aromatic ring is 1. The van der Waals surface area contributed by atoms with Crippen LogP contribution in [0.4, 0.5) is 5.95 Å². The van der Waals surface area contributed by atoms with Gasteiger partial charge in [-0.2, -0.15) is 0 Å². The van der Waals surface area contributed by atoms with Gasteiger partial charge < -0.3 is 15.5 Å². The summed E-state index contributed by atoms with van der Waals surface area (Å²) in [7, 11) is 0.